The fourth-order valence-corrected chi connectivity index (χ4v) is 4.29. The molecular weight excluding hydrogens is 481 g/mol. The van der Waals surface area contributed by atoms with Gasteiger partial charge in [-0.05, 0) is 55.0 Å². The molecule has 3 aromatic carbocycles. The van der Waals surface area contributed by atoms with E-state index < -0.39 is 32.7 Å². The summed E-state index contributed by atoms with van der Waals surface area (Å²) in [7, 11) is -2.97. The first-order chi connectivity index (χ1) is 15.4. The molecule has 33 heavy (non-hydrogen) atoms. The van der Waals surface area contributed by atoms with Gasteiger partial charge in [0.25, 0.3) is 15.9 Å². The van der Waals surface area contributed by atoms with Crippen LogP contribution < -0.4 is 14.8 Å². The molecule has 0 saturated carbocycles. The van der Waals surface area contributed by atoms with Crippen molar-refractivity contribution >= 4 is 38.9 Å². The molecule has 2 N–H and O–H groups in total. The summed E-state index contributed by atoms with van der Waals surface area (Å²) in [5.74, 6) is -0.289. The van der Waals surface area contributed by atoms with Crippen LogP contribution >= 0.6 is 11.6 Å². The molecule has 0 aliphatic heterocycles. The summed E-state index contributed by atoms with van der Waals surface area (Å²) < 4.78 is 72.2. The molecule has 0 unspecified atom stereocenters. The quantitative estimate of drug-likeness (QED) is 0.454. The molecule has 3 aromatic rings. The minimum Gasteiger partial charge on any atom is -0.495 e. The van der Waals surface area contributed by atoms with E-state index >= 15 is 0 Å². The minimum atomic E-state index is -4.76. The number of aryl methyl sites for hydroxylation is 1. The highest BCUT2D eigenvalue weighted by Gasteiger charge is 2.33. The lowest BCUT2D eigenvalue weighted by molar-refractivity contribution is -0.137. The lowest BCUT2D eigenvalue weighted by Gasteiger charge is -2.15. The average Bonchev–Trinajstić information content (AvgIpc) is 2.74. The number of nitrogens with one attached hydrogen (secondary N) is 2. The Hall–Kier alpha value is -3.24. The number of halogens is 4. The number of ether oxygens (including phenoxy) is 1. The first-order valence-electron chi connectivity index (χ1n) is 9.37. The van der Waals surface area contributed by atoms with Crippen LogP contribution in [-0.2, 0) is 16.2 Å². The summed E-state index contributed by atoms with van der Waals surface area (Å²) in [4.78, 5) is 12.4. The van der Waals surface area contributed by atoms with Gasteiger partial charge in [-0.25, -0.2) is 8.42 Å². The second-order valence-corrected chi connectivity index (χ2v) is 9.02. The number of carbonyl (C=O) groups excluding carboxylic acids is 1. The van der Waals surface area contributed by atoms with E-state index in [-0.39, 0.29) is 22.0 Å². The molecule has 0 aromatic heterocycles. The molecule has 6 nitrogen and oxygen atoms in total. The Morgan fingerprint density at radius 3 is 2.36 bits per heavy atom. The number of rotatable bonds is 6. The molecule has 0 aliphatic rings. The second kappa shape index (κ2) is 9.32. The maximum absolute atomic E-state index is 13.1. The van der Waals surface area contributed by atoms with Crippen LogP contribution in [0.3, 0.4) is 0 Å². The van der Waals surface area contributed by atoms with Gasteiger partial charge in [0.1, 0.15) is 5.75 Å². The van der Waals surface area contributed by atoms with Crippen molar-refractivity contribution in [2.75, 3.05) is 17.1 Å². The van der Waals surface area contributed by atoms with Crippen molar-refractivity contribution in [3.63, 3.8) is 0 Å². The summed E-state index contributed by atoms with van der Waals surface area (Å²) in [6.07, 6.45) is -4.76. The highest BCUT2D eigenvalue weighted by molar-refractivity contribution is 7.92. The number of carbonyl (C=O) groups is 1. The second-order valence-electron chi connectivity index (χ2n) is 6.93. The van der Waals surface area contributed by atoms with E-state index in [0.717, 1.165) is 18.2 Å². The van der Waals surface area contributed by atoms with Crippen molar-refractivity contribution in [3.8, 4) is 5.75 Å². The van der Waals surface area contributed by atoms with E-state index in [1.807, 2.05) is 0 Å². The lowest BCUT2D eigenvalue weighted by atomic mass is 10.1. The molecule has 0 heterocycles. The van der Waals surface area contributed by atoms with Gasteiger partial charge in [0, 0.05) is 11.3 Å². The first kappa shape index (κ1) is 24.4. The highest BCUT2D eigenvalue weighted by atomic mass is 35.5. The number of alkyl halides is 3. The van der Waals surface area contributed by atoms with Gasteiger partial charge >= 0.3 is 6.18 Å². The molecule has 11 heteroatoms. The Labute approximate surface area is 193 Å². The number of amides is 1. The van der Waals surface area contributed by atoms with Gasteiger partial charge in [-0.3, -0.25) is 9.52 Å². The van der Waals surface area contributed by atoms with Gasteiger partial charge in [0.15, 0.2) is 0 Å². The van der Waals surface area contributed by atoms with E-state index in [0.29, 0.717) is 17.2 Å². The van der Waals surface area contributed by atoms with E-state index in [4.69, 9.17) is 16.3 Å². The average molecular weight is 499 g/mol. The molecule has 0 aliphatic carbocycles. The number of sulfonamides is 1. The zero-order valence-electron chi connectivity index (χ0n) is 17.3. The van der Waals surface area contributed by atoms with Crippen LogP contribution in [0.4, 0.5) is 24.5 Å². The number of anilines is 2. The van der Waals surface area contributed by atoms with Gasteiger partial charge in [-0.2, -0.15) is 13.2 Å². The maximum Gasteiger partial charge on any atom is 0.417 e. The fraction of sp³-hybridized carbons (Fsp3) is 0.136. The molecule has 0 fully saturated rings. The van der Waals surface area contributed by atoms with E-state index in [9.17, 15) is 26.4 Å². The molecule has 0 radical (unpaired) electrons. The summed E-state index contributed by atoms with van der Waals surface area (Å²) in [5.41, 5.74) is -0.339. The van der Waals surface area contributed by atoms with Crippen LogP contribution in [0, 0.1) is 6.92 Å². The topological polar surface area (TPSA) is 84.5 Å². The Bertz CT molecular complexity index is 1310. The largest absolute Gasteiger partial charge is 0.495 e. The third-order valence-electron chi connectivity index (χ3n) is 4.64. The Kier molecular flexibility index (Phi) is 6.89. The normalized spacial score (nSPS) is 11.7. The van der Waals surface area contributed by atoms with Crippen molar-refractivity contribution in [2.45, 2.75) is 18.0 Å². The van der Waals surface area contributed by atoms with Gasteiger partial charge in [-0.15, -0.1) is 0 Å². The van der Waals surface area contributed by atoms with Crippen molar-refractivity contribution in [3.05, 3.63) is 82.4 Å². The molecule has 0 saturated heterocycles. The standard InChI is InChI=1S/C22H18ClF3N2O4S/c1-13-5-3-4-6-16(13)21(29)27-19-12-15(8-10-20(19)32-2)33(30,31)28-14-7-9-18(23)17(11-14)22(24,25)26/h3-12,28H,1-2H3,(H,27,29). The summed E-state index contributed by atoms with van der Waals surface area (Å²) in [5, 5.41) is 2.05. The summed E-state index contributed by atoms with van der Waals surface area (Å²) >= 11 is 5.58. The molecule has 0 atom stereocenters. The van der Waals surface area contributed by atoms with Crippen LogP contribution in [0.15, 0.2) is 65.6 Å². The molecule has 1 amide bonds. The van der Waals surface area contributed by atoms with Gasteiger partial charge < -0.3 is 10.1 Å². The first-order valence-corrected chi connectivity index (χ1v) is 11.2. The Morgan fingerprint density at radius 1 is 1.03 bits per heavy atom. The molecule has 174 valence electrons. The number of benzene rings is 3. The van der Waals surface area contributed by atoms with E-state index in [1.54, 1.807) is 31.2 Å². The zero-order chi connectivity index (χ0) is 24.4. The number of hydrogen-bond acceptors (Lipinski definition) is 4. The summed E-state index contributed by atoms with van der Waals surface area (Å²) in [6, 6.07) is 13.1. The van der Waals surface area contributed by atoms with Crippen LogP contribution in [0.1, 0.15) is 21.5 Å². The van der Waals surface area contributed by atoms with Crippen LogP contribution in [-0.4, -0.2) is 21.4 Å². The monoisotopic (exact) mass is 498 g/mol. The Balaban J connectivity index is 1.93. The number of hydrogen-bond donors (Lipinski definition) is 2. The minimum absolute atomic E-state index is 0.0701. The van der Waals surface area contributed by atoms with Crippen molar-refractivity contribution < 1.29 is 31.1 Å². The highest BCUT2D eigenvalue weighted by Crippen LogP contribution is 2.37. The van der Waals surface area contributed by atoms with Crippen LogP contribution in [0.2, 0.25) is 5.02 Å². The van der Waals surface area contributed by atoms with Crippen LogP contribution in [0.5, 0.6) is 5.75 Å². The smallest absolute Gasteiger partial charge is 0.417 e. The molecule has 0 bridgehead atoms. The van der Waals surface area contributed by atoms with Crippen LogP contribution in [0.25, 0.3) is 0 Å². The molecule has 3 rings (SSSR count). The van der Waals surface area contributed by atoms with Crippen molar-refractivity contribution in [1.82, 2.24) is 0 Å². The predicted octanol–water partition coefficient (Wildman–Crippen LogP) is 5.73. The van der Waals surface area contributed by atoms with E-state index in [2.05, 4.69) is 10.0 Å². The molecular formula is C22H18ClF3N2O4S. The third kappa shape index (κ3) is 5.58. The Morgan fingerprint density at radius 2 is 1.73 bits per heavy atom. The van der Waals surface area contributed by atoms with Gasteiger partial charge in [0.05, 0.1) is 28.3 Å². The van der Waals surface area contributed by atoms with Gasteiger partial charge in [-0.1, -0.05) is 29.8 Å². The SMILES string of the molecule is COc1ccc(S(=O)(=O)Nc2ccc(Cl)c(C(F)(F)F)c2)cc1NC(=O)c1ccccc1C. The fourth-order valence-electron chi connectivity index (χ4n) is 2.99. The molecule has 0 spiro atoms. The summed E-state index contributed by atoms with van der Waals surface area (Å²) in [6.45, 7) is 1.75. The van der Waals surface area contributed by atoms with Crippen molar-refractivity contribution in [1.29, 1.82) is 0 Å². The predicted molar refractivity (Wildman–Crippen MR) is 119 cm³/mol. The van der Waals surface area contributed by atoms with E-state index in [1.165, 1.54) is 19.2 Å². The maximum atomic E-state index is 13.1. The van der Waals surface area contributed by atoms with Crippen molar-refractivity contribution in [2.24, 2.45) is 0 Å². The lowest BCUT2D eigenvalue weighted by Crippen LogP contribution is -2.17. The van der Waals surface area contributed by atoms with Gasteiger partial charge in [0.2, 0.25) is 0 Å². The third-order valence-corrected chi connectivity index (χ3v) is 6.35. The zero-order valence-corrected chi connectivity index (χ0v) is 18.9. The number of methoxy groups -OCH3 is 1.